The minimum Gasteiger partial charge on any atom is -0.328 e. The first kappa shape index (κ1) is 19.2. The van der Waals surface area contributed by atoms with Crippen molar-refractivity contribution in [3.63, 3.8) is 0 Å². The van der Waals surface area contributed by atoms with Crippen molar-refractivity contribution < 1.29 is 8.42 Å². The van der Waals surface area contributed by atoms with E-state index in [1.807, 2.05) is 6.92 Å². The molecule has 2 rings (SSSR count). The fraction of sp³-hybridized carbons (Fsp3) is 1.00. The summed E-state index contributed by atoms with van der Waals surface area (Å²) in [6, 6.07) is 0.357. The molecule has 0 aromatic carbocycles. The van der Waals surface area contributed by atoms with Gasteiger partial charge in [-0.2, -0.15) is 17.0 Å². The van der Waals surface area contributed by atoms with E-state index in [0.717, 1.165) is 38.5 Å². The number of nitrogens with two attached hydrogens (primary N) is 1. The minimum absolute atomic E-state index is 0. The van der Waals surface area contributed by atoms with Crippen molar-refractivity contribution in [1.82, 2.24) is 8.61 Å². The van der Waals surface area contributed by atoms with Crippen LogP contribution in [0.25, 0.3) is 0 Å². The van der Waals surface area contributed by atoms with E-state index in [0.29, 0.717) is 19.0 Å². The summed E-state index contributed by atoms with van der Waals surface area (Å²) in [6.07, 6.45) is 7.32. The summed E-state index contributed by atoms with van der Waals surface area (Å²) in [6.45, 7) is 3.25. The summed E-state index contributed by atoms with van der Waals surface area (Å²) in [5.74, 6) is 0.460. The summed E-state index contributed by atoms with van der Waals surface area (Å²) in [5, 5.41) is 0. The third-order valence-electron chi connectivity index (χ3n) is 5.02. The molecule has 0 bridgehead atoms. The van der Waals surface area contributed by atoms with Gasteiger partial charge in [0.15, 0.2) is 0 Å². The van der Waals surface area contributed by atoms with Gasteiger partial charge in [-0.15, -0.1) is 12.4 Å². The van der Waals surface area contributed by atoms with Crippen LogP contribution in [0.3, 0.4) is 0 Å². The second-order valence-corrected chi connectivity index (χ2v) is 8.40. The smallest absolute Gasteiger partial charge is 0.281 e. The lowest BCUT2D eigenvalue weighted by molar-refractivity contribution is 0.220. The van der Waals surface area contributed by atoms with Gasteiger partial charge in [-0.05, 0) is 38.5 Å². The van der Waals surface area contributed by atoms with Gasteiger partial charge in [-0.3, -0.25) is 0 Å². The Labute approximate surface area is 135 Å². The van der Waals surface area contributed by atoms with E-state index >= 15 is 0 Å². The second kappa shape index (κ2) is 8.11. The summed E-state index contributed by atoms with van der Waals surface area (Å²) in [4.78, 5) is 0. The molecule has 2 fully saturated rings. The molecule has 2 aliphatic rings. The number of hydrogen-bond donors (Lipinski definition) is 1. The first-order valence-corrected chi connectivity index (χ1v) is 9.31. The van der Waals surface area contributed by atoms with Crippen LogP contribution in [0.2, 0.25) is 0 Å². The van der Waals surface area contributed by atoms with Gasteiger partial charge in [0.05, 0.1) is 0 Å². The number of halogens is 1. The van der Waals surface area contributed by atoms with E-state index in [2.05, 4.69) is 0 Å². The Morgan fingerprint density at radius 2 is 1.62 bits per heavy atom. The summed E-state index contributed by atoms with van der Waals surface area (Å²) in [5.41, 5.74) is 5.92. The maximum atomic E-state index is 12.7. The van der Waals surface area contributed by atoms with Crippen molar-refractivity contribution in [1.29, 1.82) is 0 Å². The molecule has 1 saturated heterocycles. The molecule has 5 nitrogen and oxygen atoms in total. The average Bonchev–Trinajstić information content (AvgIpc) is 2.47. The zero-order valence-electron chi connectivity index (χ0n) is 13.2. The molecule has 1 aliphatic carbocycles. The predicted octanol–water partition coefficient (Wildman–Crippen LogP) is 1.98. The molecule has 1 heterocycles. The highest BCUT2D eigenvalue weighted by Crippen LogP contribution is 2.27. The zero-order chi connectivity index (χ0) is 14.8. The number of piperidine rings is 1. The highest BCUT2D eigenvalue weighted by atomic mass is 35.5. The molecule has 0 aromatic heterocycles. The molecule has 1 atom stereocenters. The fourth-order valence-corrected chi connectivity index (χ4v) is 5.07. The Kier molecular flexibility index (Phi) is 7.40. The number of hydrogen-bond acceptors (Lipinski definition) is 3. The highest BCUT2D eigenvalue weighted by molar-refractivity contribution is 7.86. The van der Waals surface area contributed by atoms with Gasteiger partial charge < -0.3 is 5.73 Å². The maximum Gasteiger partial charge on any atom is 0.281 e. The van der Waals surface area contributed by atoms with Crippen LogP contribution in [0.1, 0.15) is 51.9 Å². The van der Waals surface area contributed by atoms with Crippen LogP contribution in [0.5, 0.6) is 0 Å². The van der Waals surface area contributed by atoms with E-state index in [-0.39, 0.29) is 24.5 Å². The lowest BCUT2D eigenvalue weighted by Crippen LogP contribution is -2.50. The average molecular weight is 340 g/mol. The van der Waals surface area contributed by atoms with Gasteiger partial charge in [0.1, 0.15) is 0 Å². The largest absolute Gasteiger partial charge is 0.328 e. The summed E-state index contributed by atoms with van der Waals surface area (Å²) < 4.78 is 28.6. The van der Waals surface area contributed by atoms with Gasteiger partial charge in [0, 0.05) is 32.2 Å². The molecule has 0 aromatic rings. The lowest BCUT2D eigenvalue weighted by atomic mass is 9.92. The Hall–Kier alpha value is 0.120. The summed E-state index contributed by atoms with van der Waals surface area (Å²) >= 11 is 0. The van der Waals surface area contributed by atoms with Crippen LogP contribution in [-0.2, 0) is 10.2 Å². The molecule has 2 N–H and O–H groups in total. The SMILES string of the molecule is CC(N)C1CCN(S(=O)(=O)N(C)C2CCCCC2)CC1.Cl. The highest BCUT2D eigenvalue weighted by Gasteiger charge is 2.35. The van der Waals surface area contributed by atoms with Crippen LogP contribution in [0.4, 0.5) is 0 Å². The summed E-state index contributed by atoms with van der Waals surface area (Å²) in [7, 11) is -1.53. The molecule has 0 radical (unpaired) electrons. The predicted molar refractivity (Wildman–Crippen MR) is 88.8 cm³/mol. The first-order chi connectivity index (χ1) is 9.43. The topological polar surface area (TPSA) is 66.6 Å². The van der Waals surface area contributed by atoms with Crippen molar-refractivity contribution in [3.8, 4) is 0 Å². The Bertz CT molecular complexity index is 402. The third-order valence-corrected chi connectivity index (χ3v) is 7.07. The molecule has 1 saturated carbocycles. The quantitative estimate of drug-likeness (QED) is 0.851. The van der Waals surface area contributed by atoms with E-state index in [1.54, 1.807) is 15.7 Å². The molecule has 126 valence electrons. The van der Waals surface area contributed by atoms with Crippen molar-refractivity contribution >= 4 is 22.6 Å². The minimum atomic E-state index is -3.28. The van der Waals surface area contributed by atoms with E-state index in [9.17, 15) is 8.42 Å². The van der Waals surface area contributed by atoms with Gasteiger partial charge >= 0.3 is 0 Å². The van der Waals surface area contributed by atoms with Gasteiger partial charge in [0.2, 0.25) is 0 Å². The first-order valence-electron chi connectivity index (χ1n) is 7.91. The lowest BCUT2D eigenvalue weighted by Gasteiger charge is -2.38. The fourth-order valence-electron chi connectivity index (χ4n) is 3.45. The normalized spacial score (nSPS) is 24.8. The van der Waals surface area contributed by atoms with Crippen molar-refractivity contribution in [2.75, 3.05) is 20.1 Å². The Morgan fingerprint density at radius 3 is 2.10 bits per heavy atom. The molecular weight excluding hydrogens is 310 g/mol. The molecule has 7 heteroatoms. The standard InChI is InChI=1S/C14H29N3O2S.ClH/c1-12(15)13-8-10-17(11-9-13)20(18,19)16(2)14-6-4-3-5-7-14;/h12-14H,3-11,15H2,1-2H3;1H. The van der Waals surface area contributed by atoms with Gasteiger partial charge in [-0.25, -0.2) is 0 Å². The van der Waals surface area contributed by atoms with Crippen LogP contribution in [0.15, 0.2) is 0 Å². The molecular formula is C14H30ClN3O2S. The van der Waals surface area contributed by atoms with Crippen molar-refractivity contribution in [2.24, 2.45) is 11.7 Å². The van der Waals surface area contributed by atoms with Gasteiger partial charge in [-0.1, -0.05) is 19.3 Å². The van der Waals surface area contributed by atoms with E-state index in [4.69, 9.17) is 5.73 Å². The second-order valence-electron chi connectivity index (χ2n) is 6.41. The molecule has 21 heavy (non-hydrogen) atoms. The van der Waals surface area contributed by atoms with Crippen LogP contribution < -0.4 is 5.73 Å². The van der Waals surface area contributed by atoms with Crippen LogP contribution in [-0.4, -0.2) is 49.2 Å². The molecule has 0 amide bonds. The Balaban J connectivity index is 0.00000220. The maximum absolute atomic E-state index is 12.7. The van der Waals surface area contributed by atoms with Crippen LogP contribution in [0, 0.1) is 5.92 Å². The van der Waals surface area contributed by atoms with E-state index < -0.39 is 10.2 Å². The number of nitrogens with zero attached hydrogens (tertiary/aromatic N) is 2. The van der Waals surface area contributed by atoms with Gasteiger partial charge in [0.25, 0.3) is 10.2 Å². The molecule has 0 spiro atoms. The molecule has 1 unspecified atom stereocenters. The van der Waals surface area contributed by atoms with Crippen molar-refractivity contribution in [2.45, 2.75) is 64.0 Å². The van der Waals surface area contributed by atoms with Crippen molar-refractivity contribution in [3.05, 3.63) is 0 Å². The van der Waals surface area contributed by atoms with Crippen LogP contribution >= 0.6 is 12.4 Å². The van der Waals surface area contributed by atoms with E-state index in [1.165, 1.54) is 6.42 Å². The Morgan fingerprint density at radius 1 is 1.10 bits per heavy atom. The number of rotatable bonds is 4. The third kappa shape index (κ3) is 4.55. The zero-order valence-corrected chi connectivity index (χ0v) is 14.8. The molecule has 1 aliphatic heterocycles. The monoisotopic (exact) mass is 339 g/mol.